The molecule has 0 saturated carbocycles. The van der Waals surface area contributed by atoms with Crippen molar-refractivity contribution in [2.24, 2.45) is 0 Å². The van der Waals surface area contributed by atoms with Crippen LogP contribution in [0.1, 0.15) is 72.9 Å². The van der Waals surface area contributed by atoms with Gasteiger partial charge in [-0.1, -0.05) is 39.8 Å². The maximum Gasteiger partial charge on any atom is 0.141 e. The Labute approximate surface area is 150 Å². The summed E-state index contributed by atoms with van der Waals surface area (Å²) in [6.07, 6.45) is 0.664. The van der Waals surface area contributed by atoms with Gasteiger partial charge in [-0.25, -0.2) is 0 Å². The van der Waals surface area contributed by atoms with Crippen molar-refractivity contribution in [3.63, 3.8) is 0 Å². The van der Waals surface area contributed by atoms with Crippen LogP contribution >= 0.6 is 0 Å². The average Bonchev–Trinajstić information content (AvgIpc) is 2.49. The largest absolute Gasteiger partial charge is 0.506 e. The Hall–Kier alpha value is -2.36. The van der Waals surface area contributed by atoms with Gasteiger partial charge < -0.3 is 21.7 Å². The third-order valence-corrected chi connectivity index (χ3v) is 4.85. The van der Waals surface area contributed by atoms with Crippen molar-refractivity contribution < 1.29 is 10.2 Å². The lowest BCUT2D eigenvalue weighted by Gasteiger charge is -2.22. The zero-order chi connectivity index (χ0) is 19.0. The molecule has 6 N–H and O–H groups in total. The third-order valence-electron chi connectivity index (χ3n) is 4.85. The highest BCUT2D eigenvalue weighted by Crippen LogP contribution is 2.40. The maximum atomic E-state index is 10.2. The minimum absolute atomic E-state index is 0.165. The molecule has 0 atom stereocenters. The van der Waals surface area contributed by atoms with E-state index in [-0.39, 0.29) is 23.3 Å². The molecule has 0 saturated heterocycles. The molecule has 0 aliphatic carbocycles. The number of nitrogen functional groups attached to an aromatic ring is 2. The number of rotatable bonds is 4. The predicted molar refractivity (Wildman–Crippen MR) is 105 cm³/mol. The molecule has 0 radical (unpaired) electrons. The van der Waals surface area contributed by atoms with Crippen LogP contribution in [0.5, 0.6) is 11.5 Å². The minimum atomic E-state index is 0.165. The lowest BCUT2D eigenvalue weighted by molar-refractivity contribution is 0.472. The number of nitrogens with two attached hydrogens (primary N) is 2. The van der Waals surface area contributed by atoms with E-state index in [2.05, 4.69) is 27.7 Å². The number of phenols is 2. The molecule has 0 aliphatic heterocycles. The summed E-state index contributed by atoms with van der Waals surface area (Å²) in [4.78, 5) is 0. The Morgan fingerprint density at radius 3 is 1.36 bits per heavy atom. The highest BCUT2D eigenvalue weighted by atomic mass is 16.3. The zero-order valence-electron chi connectivity index (χ0n) is 16.1. The molecular weight excluding hydrogens is 312 g/mol. The van der Waals surface area contributed by atoms with Crippen molar-refractivity contribution in [3.05, 3.63) is 45.5 Å². The Morgan fingerprint density at radius 1 is 0.760 bits per heavy atom. The second kappa shape index (κ2) is 6.87. The van der Waals surface area contributed by atoms with Gasteiger partial charge in [0, 0.05) is 0 Å². The monoisotopic (exact) mass is 342 g/mol. The third kappa shape index (κ3) is 3.39. The Morgan fingerprint density at radius 2 is 1.08 bits per heavy atom. The van der Waals surface area contributed by atoms with Crippen molar-refractivity contribution in [2.45, 2.75) is 59.8 Å². The van der Waals surface area contributed by atoms with E-state index >= 15 is 0 Å². The van der Waals surface area contributed by atoms with Crippen molar-refractivity contribution in [2.75, 3.05) is 11.5 Å². The van der Waals surface area contributed by atoms with E-state index in [1.54, 1.807) is 0 Å². The first kappa shape index (κ1) is 19.0. The van der Waals surface area contributed by atoms with Crippen LogP contribution in [0.15, 0.2) is 12.1 Å². The van der Waals surface area contributed by atoms with Gasteiger partial charge in [-0.3, -0.25) is 0 Å². The lowest BCUT2D eigenvalue weighted by atomic mass is 9.85. The van der Waals surface area contributed by atoms with Gasteiger partial charge in [0.25, 0.3) is 0 Å². The average molecular weight is 342 g/mol. The van der Waals surface area contributed by atoms with Crippen LogP contribution < -0.4 is 11.5 Å². The fourth-order valence-electron chi connectivity index (χ4n) is 3.70. The summed E-state index contributed by atoms with van der Waals surface area (Å²) in [5.74, 6) is 0.718. The summed E-state index contributed by atoms with van der Waals surface area (Å²) >= 11 is 0. The van der Waals surface area contributed by atoms with Crippen molar-refractivity contribution in [3.8, 4) is 11.5 Å². The molecule has 4 heteroatoms. The van der Waals surface area contributed by atoms with E-state index < -0.39 is 0 Å². The summed E-state index contributed by atoms with van der Waals surface area (Å²) in [5, 5.41) is 20.4. The number of phenolic OH excluding ortho intramolecular Hbond substituents is 2. The minimum Gasteiger partial charge on any atom is -0.506 e. The first-order chi connectivity index (χ1) is 11.6. The van der Waals surface area contributed by atoms with Gasteiger partial charge in [0.15, 0.2) is 0 Å². The van der Waals surface area contributed by atoms with E-state index in [1.165, 1.54) is 0 Å². The Balaban J connectivity index is 2.69. The number of aryl methyl sites for hydroxylation is 2. The van der Waals surface area contributed by atoms with Gasteiger partial charge in [-0.05, 0) is 65.5 Å². The van der Waals surface area contributed by atoms with Crippen LogP contribution in [-0.2, 0) is 6.42 Å². The molecule has 0 unspecified atom stereocenters. The standard InChI is InChI=1S/C21H30N2O2/c1-10(2)16-14(7-12(5)20(24)18(16)22)9-15-8-13(6)21(25)19(23)17(15)11(3)4/h7-8,10-11,24-25H,9,22-23H2,1-6H3. The van der Waals surface area contributed by atoms with E-state index in [1.807, 2.05) is 26.0 Å². The van der Waals surface area contributed by atoms with E-state index in [4.69, 9.17) is 11.5 Å². The highest BCUT2D eigenvalue weighted by Gasteiger charge is 2.20. The second-order valence-electron chi connectivity index (χ2n) is 7.54. The van der Waals surface area contributed by atoms with E-state index in [0.717, 1.165) is 33.4 Å². The molecule has 4 nitrogen and oxygen atoms in total. The van der Waals surface area contributed by atoms with Gasteiger partial charge in [0.05, 0.1) is 11.4 Å². The van der Waals surface area contributed by atoms with Crippen LogP contribution in [0.2, 0.25) is 0 Å². The molecule has 2 aromatic rings. The molecular formula is C21H30N2O2. The number of hydrogen-bond acceptors (Lipinski definition) is 4. The first-order valence-corrected chi connectivity index (χ1v) is 8.77. The van der Waals surface area contributed by atoms with Crippen molar-refractivity contribution >= 4 is 11.4 Å². The molecule has 25 heavy (non-hydrogen) atoms. The van der Waals surface area contributed by atoms with Crippen LogP contribution in [0.4, 0.5) is 11.4 Å². The Kier molecular flexibility index (Phi) is 5.21. The normalized spacial score (nSPS) is 11.5. The molecule has 0 aromatic heterocycles. The second-order valence-corrected chi connectivity index (χ2v) is 7.54. The molecule has 0 fully saturated rings. The summed E-state index contributed by atoms with van der Waals surface area (Å²) in [5.41, 5.74) is 19.0. The number of benzene rings is 2. The molecule has 0 spiro atoms. The number of hydrogen-bond donors (Lipinski definition) is 4. The van der Waals surface area contributed by atoms with Gasteiger partial charge in [-0.2, -0.15) is 0 Å². The predicted octanol–water partition coefficient (Wildman–Crippen LogP) is 4.72. The summed E-state index contributed by atoms with van der Waals surface area (Å²) in [6, 6.07) is 4.01. The molecule has 2 aromatic carbocycles. The highest BCUT2D eigenvalue weighted by molar-refractivity contribution is 5.68. The summed E-state index contributed by atoms with van der Waals surface area (Å²) < 4.78 is 0. The topological polar surface area (TPSA) is 92.5 Å². The number of anilines is 2. The van der Waals surface area contributed by atoms with Gasteiger partial charge in [0.2, 0.25) is 0 Å². The summed E-state index contributed by atoms with van der Waals surface area (Å²) in [7, 11) is 0. The fourth-order valence-corrected chi connectivity index (χ4v) is 3.70. The van der Waals surface area contributed by atoms with Crippen molar-refractivity contribution in [1.29, 1.82) is 0 Å². The number of aromatic hydroxyl groups is 2. The fraction of sp³-hybridized carbons (Fsp3) is 0.429. The lowest BCUT2D eigenvalue weighted by Crippen LogP contribution is -2.08. The van der Waals surface area contributed by atoms with E-state index in [0.29, 0.717) is 17.8 Å². The zero-order valence-corrected chi connectivity index (χ0v) is 16.1. The maximum absolute atomic E-state index is 10.2. The van der Waals surface area contributed by atoms with E-state index in [9.17, 15) is 10.2 Å². The van der Waals surface area contributed by atoms with Crippen LogP contribution in [0.3, 0.4) is 0 Å². The first-order valence-electron chi connectivity index (χ1n) is 8.77. The SMILES string of the molecule is Cc1cc(Cc2cc(C)c(O)c(N)c2C(C)C)c(C(C)C)c(N)c1O. The molecule has 0 aliphatic rings. The van der Waals surface area contributed by atoms with Gasteiger partial charge in [0.1, 0.15) is 11.5 Å². The molecule has 0 heterocycles. The smallest absolute Gasteiger partial charge is 0.141 e. The van der Waals surface area contributed by atoms with Crippen molar-refractivity contribution in [1.82, 2.24) is 0 Å². The Bertz CT molecular complexity index is 741. The van der Waals surface area contributed by atoms with Gasteiger partial charge in [-0.15, -0.1) is 0 Å². The van der Waals surface area contributed by atoms with Crippen LogP contribution in [0.25, 0.3) is 0 Å². The van der Waals surface area contributed by atoms with Crippen LogP contribution in [0, 0.1) is 13.8 Å². The van der Waals surface area contributed by atoms with Crippen LogP contribution in [-0.4, -0.2) is 10.2 Å². The quantitative estimate of drug-likeness (QED) is 0.478. The molecule has 136 valence electrons. The molecule has 0 bridgehead atoms. The molecule has 0 amide bonds. The molecule has 2 rings (SSSR count). The van der Waals surface area contributed by atoms with Gasteiger partial charge >= 0.3 is 0 Å². The summed E-state index contributed by atoms with van der Waals surface area (Å²) in [6.45, 7) is 12.0.